The van der Waals surface area contributed by atoms with Crippen molar-refractivity contribution in [1.82, 2.24) is 14.7 Å². The Balaban J connectivity index is 1.78. The zero-order valence-electron chi connectivity index (χ0n) is 12.6. The number of pyridine rings is 2. The zero-order chi connectivity index (χ0) is 17.0. The summed E-state index contributed by atoms with van der Waals surface area (Å²) in [6.07, 6.45) is 4.96. The van der Waals surface area contributed by atoms with E-state index in [2.05, 4.69) is 14.7 Å². The third-order valence-corrected chi connectivity index (χ3v) is 4.75. The van der Waals surface area contributed by atoms with Gasteiger partial charge in [-0.15, -0.1) is 0 Å². The molecule has 2 aromatic heterocycles. The van der Waals surface area contributed by atoms with Gasteiger partial charge in [-0.05, 0) is 48.0 Å². The Morgan fingerprint density at radius 3 is 2.67 bits per heavy atom. The minimum absolute atomic E-state index is 0.0780. The van der Waals surface area contributed by atoms with Crippen LogP contribution in [-0.4, -0.2) is 18.4 Å². The second-order valence-electron chi connectivity index (χ2n) is 5.07. The molecule has 0 saturated carbocycles. The zero-order valence-corrected chi connectivity index (χ0v) is 13.4. The third kappa shape index (κ3) is 3.81. The van der Waals surface area contributed by atoms with Crippen LogP contribution in [0.4, 0.5) is 4.39 Å². The van der Waals surface area contributed by atoms with E-state index in [9.17, 15) is 12.8 Å². The number of aromatic nitrogens is 2. The third-order valence-electron chi connectivity index (χ3n) is 3.35. The van der Waals surface area contributed by atoms with Crippen LogP contribution in [0.3, 0.4) is 0 Å². The smallest absolute Gasteiger partial charge is 0.240 e. The number of hydrogen-bond acceptors (Lipinski definition) is 4. The van der Waals surface area contributed by atoms with Crippen LogP contribution in [0.5, 0.6) is 0 Å². The lowest BCUT2D eigenvalue weighted by Crippen LogP contribution is -2.23. The maximum absolute atomic E-state index is 13.2. The Bertz CT molecular complexity index is 947. The van der Waals surface area contributed by atoms with E-state index in [1.165, 1.54) is 18.2 Å². The first-order valence-corrected chi connectivity index (χ1v) is 8.63. The molecule has 3 aromatic rings. The van der Waals surface area contributed by atoms with Crippen molar-refractivity contribution in [3.05, 3.63) is 78.5 Å². The Labute approximate surface area is 139 Å². The molecule has 122 valence electrons. The molecule has 0 amide bonds. The SMILES string of the molecule is O=S(=O)(NCc1ccnc(-c2cccnc2)c1)c1cccc(F)c1. The molecule has 1 N–H and O–H groups in total. The Morgan fingerprint density at radius 1 is 1.04 bits per heavy atom. The van der Waals surface area contributed by atoms with Gasteiger partial charge in [-0.2, -0.15) is 0 Å². The Morgan fingerprint density at radius 2 is 1.92 bits per heavy atom. The van der Waals surface area contributed by atoms with Gasteiger partial charge < -0.3 is 0 Å². The van der Waals surface area contributed by atoms with Crippen molar-refractivity contribution in [2.24, 2.45) is 0 Å². The van der Waals surface area contributed by atoms with Gasteiger partial charge in [-0.3, -0.25) is 9.97 Å². The molecule has 24 heavy (non-hydrogen) atoms. The van der Waals surface area contributed by atoms with Crippen LogP contribution in [0, 0.1) is 5.82 Å². The lowest BCUT2D eigenvalue weighted by Gasteiger charge is -2.08. The molecule has 1 aromatic carbocycles. The standard InChI is InChI=1S/C17H14FN3O2S/c18-15-4-1-5-16(10-15)24(22,23)21-11-13-6-8-20-17(9-13)14-3-2-7-19-12-14/h1-10,12,21H,11H2. The summed E-state index contributed by atoms with van der Waals surface area (Å²) in [6, 6.07) is 12.1. The molecule has 3 rings (SSSR count). The van der Waals surface area contributed by atoms with Gasteiger partial charge >= 0.3 is 0 Å². The van der Waals surface area contributed by atoms with E-state index in [1.807, 2.05) is 6.07 Å². The van der Waals surface area contributed by atoms with Crippen LogP contribution in [0.25, 0.3) is 11.3 Å². The lowest BCUT2D eigenvalue weighted by molar-refractivity contribution is 0.577. The fourth-order valence-corrected chi connectivity index (χ4v) is 3.20. The number of nitrogens with zero attached hydrogens (tertiary/aromatic N) is 2. The molecule has 0 unspecified atom stereocenters. The van der Waals surface area contributed by atoms with Crippen molar-refractivity contribution in [2.45, 2.75) is 11.4 Å². The van der Waals surface area contributed by atoms with Gasteiger partial charge in [0.1, 0.15) is 5.82 Å². The summed E-state index contributed by atoms with van der Waals surface area (Å²) in [4.78, 5) is 8.19. The van der Waals surface area contributed by atoms with Gasteiger partial charge in [0, 0.05) is 30.7 Å². The molecule has 5 nitrogen and oxygen atoms in total. The maximum atomic E-state index is 13.2. The average molecular weight is 343 g/mol. The van der Waals surface area contributed by atoms with Crippen molar-refractivity contribution in [2.75, 3.05) is 0 Å². The Kier molecular flexibility index (Phi) is 4.64. The fourth-order valence-electron chi connectivity index (χ4n) is 2.15. The van der Waals surface area contributed by atoms with Crippen LogP contribution in [0.2, 0.25) is 0 Å². The molecular weight excluding hydrogens is 329 g/mol. The maximum Gasteiger partial charge on any atom is 0.240 e. The minimum atomic E-state index is -3.78. The van der Waals surface area contributed by atoms with Crippen molar-refractivity contribution >= 4 is 10.0 Å². The molecule has 0 radical (unpaired) electrons. The molecule has 0 spiro atoms. The van der Waals surface area contributed by atoms with Crippen molar-refractivity contribution < 1.29 is 12.8 Å². The van der Waals surface area contributed by atoms with E-state index in [-0.39, 0.29) is 11.4 Å². The van der Waals surface area contributed by atoms with Gasteiger partial charge in [0.15, 0.2) is 0 Å². The first kappa shape index (κ1) is 16.2. The molecule has 0 saturated heterocycles. The van der Waals surface area contributed by atoms with E-state index < -0.39 is 15.8 Å². The largest absolute Gasteiger partial charge is 0.264 e. The topological polar surface area (TPSA) is 72.0 Å². The highest BCUT2D eigenvalue weighted by Gasteiger charge is 2.14. The van der Waals surface area contributed by atoms with Crippen LogP contribution in [0.1, 0.15) is 5.56 Å². The van der Waals surface area contributed by atoms with Gasteiger partial charge in [0.25, 0.3) is 0 Å². The summed E-state index contributed by atoms with van der Waals surface area (Å²) < 4.78 is 40.1. The molecule has 0 bridgehead atoms. The van der Waals surface area contributed by atoms with Crippen molar-refractivity contribution in [3.8, 4) is 11.3 Å². The van der Waals surface area contributed by atoms with Crippen molar-refractivity contribution in [1.29, 1.82) is 0 Å². The molecular formula is C17H14FN3O2S. The van der Waals surface area contributed by atoms with Crippen LogP contribution in [-0.2, 0) is 16.6 Å². The van der Waals surface area contributed by atoms with E-state index in [0.29, 0.717) is 5.69 Å². The molecule has 2 heterocycles. The summed E-state index contributed by atoms with van der Waals surface area (Å²) in [7, 11) is -3.78. The number of sulfonamides is 1. The summed E-state index contributed by atoms with van der Waals surface area (Å²) in [5, 5.41) is 0. The first-order valence-electron chi connectivity index (χ1n) is 7.15. The quantitative estimate of drug-likeness (QED) is 0.773. The second kappa shape index (κ2) is 6.86. The molecule has 0 atom stereocenters. The predicted octanol–water partition coefficient (Wildman–Crippen LogP) is 2.76. The molecule has 0 aliphatic carbocycles. The highest BCUT2D eigenvalue weighted by atomic mass is 32.2. The summed E-state index contributed by atoms with van der Waals surface area (Å²) in [5.41, 5.74) is 2.28. The molecule has 0 fully saturated rings. The van der Waals surface area contributed by atoms with Crippen LogP contribution in [0.15, 0.2) is 72.0 Å². The highest BCUT2D eigenvalue weighted by molar-refractivity contribution is 7.89. The number of benzene rings is 1. The molecule has 0 aliphatic rings. The fraction of sp³-hybridized carbons (Fsp3) is 0.0588. The van der Waals surface area contributed by atoms with E-state index in [4.69, 9.17) is 0 Å². The first-order chi connectivity index (χ1) is 11.5. The monoisotopic (exact) mass is 343 g/mol. The van der Waals surface area contributed by atoms with E-state index in [1.54, 1.807) is 36.8 Å². The summed E-state index contributed by atoms with van der Waals surface area (Å²) >= 11 is 0. The van der Waals surface area contributed by atoms with E-state index >= 15 is 0 Å². The second-order valence-corrected chi connectivity index (χ2v) is 6.84. The summed E-state index contributed by atoms with van der Waals surface area (Å²) in [6.45, 7) is 0.0780. The van der Waals surface area contributed by atoms with Gasteiger partial charge in [-0.25, -0.2) is 17.5 Å². The average Bonchev–Trinajstić information content (AvgIpc) is 2.61. The van der Waals surface area contributed by atoms with Crippen LogP contribution < -0.4 is 4.72 Å². The molecule has 0 aliphatic heterocycles. The number of hydrogen-bond donors (Lipinski definition) is 1. The lowest BCUT2D eigenvalue weighted by atomic mass is 10.1. The number of rotatable bonds is 5. The highest BCUT2D eigenvalue weighted by Crippen LogP contribution is 2.17. The van der Waals surface area contributed by atoms with Gasteiger partial charge in [0.05, 0.1) is 10.6 Å². The van der Waals surface area contributed by atoms with Crippen molar-refractivity contribution in [3.63, 3.8) is 0 Å². The number of halogens is 1. The molecule has 7 heteroatoms. The summed E-state index contributed by atoms with van der Waals surface area (Å²) in [5.74, 6) is -0.597. The van der Waals surface area contributed by atoms with Crippen LogP contribution >= 0.6 is 0 Å². The predicted molar refractivity (Wildman–Crippen MR) is 87.9 cm³/mol. The number of nitrogens with one attached hydrogen (secondary N) is 1. The van der Waals surface area contributed by atoms with Gasteiger partial charge in [0.2, 0.25) is 10.0 Å². The minimum Gasteiger partial charge on any atom is -0.264 e. The van der Waals surface area contributed by atoms with E-state index in [0.717, 1.165) is 17.2 Å². The normalized spacial score (nSPS) is 11.4. The Hall–Kier alpha value is -2.64. The van der Waals surface area contributed by atoms with Gasteiger partial charge in [-0.1, -0.05) is 6.07 Å².